The van der Waals surface area contributed by atoms with Crippen molar-refractivity contribution in [2.24, 2.45) is 0 Å². The van der Waals surface area contributed by atoms with Gasteiger partial charge in [0.2, 0.25) is 0 Å². The predicted octanol–water partition coefficient (Wildman–Crippen LogP) is 1.32. The number of carbonyl (C=O) groups excluding carboxylic acids is 2. The predicted molar refractivity (Wildman–Crippen MR) is 68.5 cm³/mol. The molecule has 1 atom stereocenters. The molecule has 0 saturated heterocycles. The van der Waals surface area contributed by atoms with Crippen LogP contribution in [0.1, 0.15) is 17.3 Å². The second kappa shape index (κ2) is 7.33. The highest BCUT2D eigenvalue weighted by atomic mass is 16.6. The lowest BCUT2D eigenvalue weighted by Gasteiger charge is -2.11. The molecule has 1 rings (SSSR count). The average molecular weight is 264 g/mol. The van der Waals surface area contributed by atoms with E-state index in [-0.39, 0.29) is 18.8 Å². The van der Waals surface area contributed by atoms with E-state index in [1.165, 1.54) is 6.92 Å². The average Bonchev–Trinajstić information content (AvgIpc) is 2.42. The smallest absolute Gasteiger partial charge is 0.338 e. The molecule has 0 aliphatic carbocycles. The van der Waals surface area contributed by atoms with Gasteiger partial charge in [-0.2, -0.15) is 0 Å². The molecule has 102 valence electrons. The first-order valence-electron chi connectivity index (χ1n) is 5.73. The van der Waals surface area contributed by atoms with Crippen LogP contribution in [0, 0.1) is 0 Å². The van der Waals surface area contributed by atoms with Gasteiger partial charge >= 0.3 is 11.9 Å². The Morgan fingerprint density at radius 2 is 1.79 bits per heavy atom. The molecule has 0 spiro atoms. The number of hydrogen-bond donors (Lipinski definition) is 1. The van der Waals surface area contributed by atoms with Crippen LogP contribution in [0.5, 0.6) is 0 Å². The fourth-order valence-electron chi connectivity index (χ4n) is 1.17. The van der Waals surface area contributed by atoms with Crippen LogP contribution in [0.3, 0.4) is 0 Å². The standard InChI is InChI=1S/C14H16O5/c1-10(2)13(16)18-8-12(15)9-19-14(17)11-6-4-3-5-7-11/h3-7,12,15H,1,8-9H2,2H3. The minimum absolute atomic E-state index is 0.239. The molecule has 5 heteroatoms. The first-order valence-corrected chi connectivity index (χ1v) is 5.73. The Morgan fingerprint density at radius 3 is 2.37 bits per heavy atom. The lowest BCUT2D eigenvalue weighted by atomic mass is 10.2. The summed E-state index contributed by atoms with van der Waals surface area (Å²) in [7, 11) is 0. The summed E-state index contributed by atoms with van der Waals surface area (Å²) in [6, 6.07) is 8.41. The molecule has 0 aliphatic rings. The zero-order chi connectivity index (χ0) is 14.3. The Hall–Kier alpha value is -2.14. The van der Waals surface area contributed by atoms with Crippen LogP contribution >= 0.6 is 0 Å². The third kappa shape index (κ3) is 5.35. The lowest BCUT2D eigenvalue weighted by Crippen LogP contribution is -2.25. The van der Waals surface area contributed by atoms with E-state index in [4.69, 9.17) is 9.47 Å². The molecular formula is C14H16O5. The van der Waals surface area contributed by atoms with Crippen molar-refractivity contribution in [2.45, 2.75) is 13.0 Å². The van der Waals surface area contributed by atoms with E-state index in [0.717, 1.165) is 0 Å². The van der Waals surface area contributed by atoms with Gasteiger partial charge in [-0.3, -0.25) is 0 Å². The molecule has 0 bridgehead atoms. The lowest BCUT2D eigenvalue weighted by molar-refractivity contribution is -0.142. The molecule has 0 fully saturated rings. The Balaban J connectivity index is 2.31. The Labute approximate surface area is 111 Å². The molecule has 1 unspecified atom stereocenters. The number of carbonyl (C=O) groups is 2. The van der Waals surface area contributed by atoms with Crippen LogP contribution < -0.4 is 0 Å². The monoisotopic (exact) mass is 264 g/mol. The van der Waals surface area contributed by atoms with E-state index in [1.54, 1.807) is 30.3 Å². The van der Waals surface area contributed by atoms with Gasteiger partial charge in [-0.25, -0.2) is 9.59 Å². The van der Waals surface area contributed by atoms with Crippen LogP contribution in [0.4, 0.5) is 0 Å². The summed E-state index contributed by atoms with van der Waals surface area (Å²) in [5.74, 6) is -1.13. The molecule has 5 nitrogen and oxygen atoms in total. The highest BCUT2D eigenvalue weighted by Gasteiger charge is 2.13. The summed E-state index contributed by atoms with van der Waals surface area (Å²) < 4.78 is 9.60. The third-order valence-corrected chi connectivity index (χ3v) is 2.17. The second-order valence-corrected chi connectivity index (χ2v) is 4.00. The minimum atomic E-state index is -1.06. The van der Waals surface area contributed by atoms with Crippen molar-refractivity contribution in [3.63, 3.8) is 0 Å². The largest absolute Gasteiger partial charge is 0.459 e. The fraction of sp³-hybridized carbons (Fsp3) is 0.286. The van der Waals surface area contributed by atoms with Crippen LogP contribution in [-0.4, -0.2) is 36.4 Å². The Kier molecular flexibility index (Phi) is 5.75. The van der Waals surface area contributed by atoms with Gasteiger partial charge in [0.05, 0.1) is 5.56 Å². The molecule has 0 aliphatic heterocycles. The topological polar surface area (TPSA) is 72.8 Å². The number of rotatable bonds is 6. The third-order valence-electron chi connectivity index (χ3n) is 2.17. The number of benzene rings is 1. The highest BCUT2D eigenvalue weighted by molar-refractivity contribution is 5.89. The van der Waals surface area contributed by atoms with Gasteiger partial charge < -0.3 is 14.6 Å². The van der Waals surface area contributed by atoms with E-state index in [2.05, 4.69) is 6.58 Å². The van der Waals surface area contributed by atoms with Crippen LogP contribution in [0.2, 0.25) is 0 Å². The number of hydrogen-bond acceptors (Lipinski definition) is 5. The SMILES string of the molecule is C=C(C)C(=O)OCC(O)COC(=O)c1ccccc1. The normalized spacial score (nSPS) is 11.5. The van der Waals surface area contributed by atoms with Gasteiger partial charge in [0.15, 0.2) is 0 Å². The van der Waals surface area contributed by atoms with Crippen molar-refractivity contribution in [2.75, 3.05) is 13.2 Å². The molecule has 19 heavy (non-hydrogen) atoms. The summed E-state index contributed by atoms with van der Waals surface area (Å²) in [6.07, 6.45) is -1.06. The van der Waals surface area contributed by atoms with E-state index in [1.807, 2.05) is 0 Å². The van der Waals surface area contributed by atoms with Crippen molar-refractivity contribution < 1.29 is 24.2 Å². The number of aliphatic hydroxyl groups excluding tert-OH is 1. The summed E-state index contributed by atoms with van der Waals surface area (Å²) in [4.78, 5) is 22.6. The molecule has 0 aromatic heterocycles. The van der Waals surface area contributed by atoms with E-state index < -0.39 is 18.0 Å². The Bertz CT molecular complexity index is 452. The van der Waals surface area contributed by atoms with Crippen LogP contribution in [0.15, 0.2) is 42.5 Å². The molecule has 1 aromatic rings. The van der Waals surface area contributed by atoms with Crippen molar-refractivity contribution in [1.29, 1.82) is 0 Å². The molecule has 0 amide bonds. The fourth-order valence-corrected chi connectivity index (χ4v) is 1.17. The van der Waals surface area contributed by atoms with Gasteiger partial charge in [0.25, 0.3) is 0 Å². The quantitative estimate of drug-likeness (QED) is 0.619. The summed E-state index contributed by atoms with van der Waals surface area (Å²) in [6.45, 7) is 4.43. The molecule has 0 saturated carbocycles. The molecular weight excluding hydrogens is 248 g/mol. The number of ether oxygens (including phenoxy) is 2. The molecule has 1 N–H and O–H groups in total. The first kappa shape index (κ1) is 14.9. The first-order chi connectivity index (χ1) is 9.00. The van der Waals surface area contributed by atoms with E-state index in [9.17, 15) is 14.7 Å². The summed E-state index contributed by atoms with van der Waals surface area (Å²) in [5, 5.41) is 9.49. The van der Waals surface area contributed by atoms with Crippen molar-refractivity contribution in [3.05, 3.63) is 48.0 Å². The second-order valence-electron chi connectivity index (χ2n) is 4.00. The van der Waals surface area contributed by atoms with Gasteiger partial charge in [0.1, 0.15) is 19.3 Å². The minimum Gasteiger partial charge on any atom is -0.459 e. The number of aliphatic hydroxyl groups is 1. The zero-order valence-electron chi connectivity index (χ0n) is 10.7. The maximum absolute atomic E-state index is 11.5. The van der Waals surface area contributed by atoms with Crippen molar-refractivity contribution >= 4 is 11.9 Å². The van der Waals surface area contributed by atoms with Gasteiger partial charge in [0, 0.05) is 5.57 Å². The van der Waals surface area contributed by atoms with Crippen LogP contribution in [-0.2, 0) is 14.3 Å². The maximum Gasteiger partial charge on any atom is 0.338 e. The zero-order valence-corrected chi connectivity index (χ0v) is 10.7. The molecule has 1 aromatic carbocycles. The van der Waals surface area contributed by atoms with Gasteiger partial charge in [-0.15, -0.1) is 0 Å². The van der Waals surface area contributed by atoms with Crippen molar-refractivity contribution in [1.82, 2.24) is 0 Å². The molecule has 0 radical (unpaired) electrons. The summed E-state index contributed by atoms with van der Waals surface area (Å²) in [5.41, 5.74) is 0.641. The van der Waals surface area contributed by atoms with Gasteiger partial charge in [-0.1, -0.05) is 24.8 Å². The highest BCUT2D eigenvalue weighted by Crippen LogP contribution is 2.02. The van der Waals surface area contributed by atoms with Gasteiger partial charge in [-0.05, 0) is 19.1 Å². The maximum atomic E-state index is 11.5. The van der Waals surface area contributed by atoms with Crippen LogP contribution in [0.25, 0.3) is 0 Å². The van der Waals surface area contributed by atoms with E-state index in [0.29, 0.717) is 5.56 Å². The van der Waals surface area contributed by atoms with Crippen molar-refractivity contribution in [3.8, 4) is 0 Å². The van der Waals surface area contributed by atoms with E-state index >= 15 is 0 Å². The number of esters is 2. The Morgan fingerprint density at radius 1 is 1.21 bits per heavy atom. The molecule has 0 heterocycles. The summed E-state index contributed by atoms with van der Waals surface area (Å²) >= 11 is 0.